The number of carbonyl (C=O) groups excluding carboxylic acids is 1. The van der Waals surface area contributed by atoms with Crippen molar-refractivity contribution < 1.29 is 4.79 Å². The number of nitrogens with zero attached hydrogens (tertiary/aromatic N) is 1. The molecule has 1 aliphatic rings. The van der Waals surface area contributed by atoms with Crippen LogP contribution in [0.1, 0.15) is 27.7 Å². The quantitative estimate of drug-likeness (QED) is 0.761. The molecule has 1 atom stereocenters. The minimum Gasteiger partial charge on any atom is -0.348 e. The molecule has 2 aromatic rings. The molecule has 15 heavy (non-hydrogen) atoms. The van der Waals surface area contributed by atoms with Crippen molar-refractivity contribution in [2.75, 3.05) is 0 Å². The molecule has 0 bridgehead atoms. The second kappa shape index (κ2) is 3.05. The molecule has 74 valence electrons. The molecule has 1 heterocycles. The lowest BCUT2D eigenvalue weighted by atomic mass is 10.1. The van der Waals surface area contributed by atoms with Crippen molar-refractivity contribution in [1.82, 2.24) is 9.97 Å². The van der Waals surface area contributed by atoms with Gasteiger partial charge in [-0.25, -0.2) is 4.98 Å². The third-order valence-corrected chi connectivity index (χ3v) is 2.87. The third kappa shape index (κ3) is 1.20. The van der Waals surface area contributed by atoms with E-state index in [1.165, 1.54) is 0 Å². The number of ketones is 1. The van der Waals surface area contributed by atoms with Crippen LogP contribution in [0.4, 0.5) is 0 Å². The molecular weight excluding hydrogens is 188 g/mol. The molecule has 0 aliphatic heterocycles. The van der Waals surface area contributed by atoms with E-state index in [9.17, 15) is 4.79 Å². The van der Waals surface area contributed by atoms with Crippen LogP contribution in [0.25, 0.3) is 0 Å². The van der Waals surface area contributed by atoms with Gasteiger partial charge < -0.3 is 4.98 Å². The number of imidazole rings is 1. The number of benzene rings is 1. The maximum Gasteiger partial charge on any atom is 0.174 e. The van der Waals surface area contributed by atoms with E-state index in [2.05, 4.69) is 9.97 Å². The fourth-order valence-electron chi connectivity index (χ4n) is 2.13. The van der Waals surface area contributed by atoms with Crippen molar-refractivity contribution in [3.05, 3.63) is 53.6 Å². The van der Waals surface area contributed by atoms with Crippen molar-refractivity contribution in [2.45, 2.75) is 12.3 Å². The van der Waals surface area contributed by atoms with E-state index < -0.39 is 0 Å². The summed E-state index contributed by atoms with van der Waals surface area (Å²) in [5.74, 6) is 0.842. The van der Waals surface area contributed by atoms with Crippen LogP contribution in [0.3, 0.4) is 0 Å². The van der Waals surface area contributed by atoms with Gasteiger partial charge in [0.15, 0.2) is 5.78 Å². The number of rotatable bonds is 1. The fourth-order valence-corrected chi connectivity index (χ4v) is 2.13. The van der Waals surface area contributed by atoms with Crippen molar-refractivity contribution in [2.24, 2.45) is 0 Å². The molecule has 3 rings (SSSR count). The molecule has 3 heteroatoms. The average Bonchev–Trinajstić information content (AvgIpc) is 2.87. The predicted octanol–water partition coefficient (Wildman–Crippen LogP) is 1.93. The van der Waals surface area contributed by atoms with Gasteiger partial charge >= 0.3 is 0 Å². The Morgan fingerprint density at radius 2 is 2.20 bits per heavy atom. The van der Waals surface area contributed by atoms with Crippen molar-refractivity contribution in [3.8, 4) is 0 Å². The maximum absolute atomic E-state index is 12.0. The molecule has 3 nitrogen and oxygen atoms in total. The van der Waals surface area contributed by atoms with E-state index >= 15 is 0 Å². The summed E-state index contributed by atoms with van der Waals surface area (Å²) < 4.78 is 0. The van der Waals surface area contributed by atoms with Crippen LogP contribution in [0.15, 0.2) is 36.7 Å². The lowest BCUT2D eigenvalue weighted by molar-refractivity contribution is 0.0970. The largest absolute Gasteiger partial charge is 0.348 e. The number of H-pyrrole nitrogens is 1. The number of fused-ring (bicyclic) bond motifs is 1. The fraction of sp³-hybridized carbons (Fsp3) is 0.167. The molecule has 0 radical (unpaired) electrons. The zero-order chi connectivity index (χ0) is 10.3. The Labute approximate surface area is 87.2 Å². The highest BCUT2D eigenvalue weighted by atomic mass is 16.1. The van der Waals surface area contributed by atoms with Gasteiger partial charge in [-0.05, 0) is 12.0 Å². The molecule has 1 aromatic carbocycles. The van der Waals surface area contributed by atoms with Gasteiger partial charge in [-0.15, -0.1) is 0 Å². The van der Waals surface area contributed by atoms with Gasteiger partial charge in [-0.2, -0.15) is 0 Å². The van der Waals surface area contributed by atoms with Crippen LogP contribution in [0, 0.1) is 0 Å². The van der Waals surface area contributed by atoms with Crippen LogP contribution >= 0.6 is 0 Å². The topological polar surface area (TPSA) is 45.8 Å². The summed E-state index contributed by atoms with van der Waals surface area (Å²) in [5, 5.41) is 0. The van der Waals surface area contributed by atoms with Gasteiger partial charge in [0.1, 0.15) is 5.82 Å². The highest BCUT2D eigenvalue weighted by Gasteiger charge is 2.32. The van der Waals surface area contributed by atoms with Crippen LogP contribution < -0.4 is 0 Å². The molecule has 0 fully saturated rings. The number of aromatic nitrogens is 2. The molecule has 0 saturated carbocycles. The molecule has 1 N–H and O–H groups in total. The van der Waals surface area contributed by atoms with Crippen LogP contribution in [0.2, 0.25) is 0 Å². The van der Waals surface area contributed by atoms with Crippen molar-refractivity contribution in [3.63, 3.8) is 0 Å². The first-order valence-electron chi connectivity index (χ1n) is 4.97. The molecule has 0 saturated heterocycles. The SMILES string of the molecule is O=C1c2ccccc2CC1c1ncc[nH]1. The number of hydrogen-bond acceptors (Lipinski definition) is 2. The number of carbonyl (C=O) groups is 1. The van der Waals surface area contributed by atoms with Gasteiger partial charge in [0.2, 0.25) is 0 Å². The lowest BCUT2D eigenvalue weighted by Gasteiger charge is -2.02. The van der Waals surface area contributed by atoms with Crippen LogP contribution in [-0.4, -0.2) is 15.8 Å². The Morgan fingerprint density at radius 1 is 1.33 bits per heavy atom. The third-order valence-electron chi connectivity index (χ3n) is 2.87. The Bertz CT molecular complexity index is 502. The van der Waals surface area contributed by atoms with E-state index in [1.807, 2.05) is 24.3 Å². The van der Waals surface area contributed by atoms with Crippen molar-refractivity contribution >= 4 is 5.78 Å². The molecule has 0 amide bonds. The minimum atomic E-state index is -0.114. The predicted molar refractivity (Wildman–Crippen MR) is 55.8 cm³/mol. The molecule has 0 spiro atoms. The maximum atomic E-state index is 12.0. The van der Waals surface area contributed by atoms with Gasteiger partial charge in [0, 0.05) is 18.0 Å². The Morgan fingerprint density at radius 3 is 2.93 bits per heavy atom. The first kappa shape index (κ1) is 8.41. The summed E-state index contributed by atoms with van der Waals surface area (Å²) in [6, 6.07) is 7.77. The highest BCUT2D eigenvalue weighted by Crippen LogP contribution is 2.31. The number of nitrogens with one attached hydrogen (secondary N) is 1. The number of Topliss-reactive ketones (excluding diaryl/α,β-unsaturated/α-hetero) is 1. The summed E-state index contributed by atoms with van der Waals surface area (Å²) >= 11 is 0. The van der Waals surface area contributed by atoms with E-state index in [4.69, 9.17) is 0 Å². The second-order valence-electron chi connectivity index (χ2n) is 3.75. The lowest BCUT2D eigenvalue weighted by Crippen LogP contribution is -2.08. The molecule has 1 aliphatic carbocycles. The summed E-state index contributed by atoms with van der Waals surface area (Å²) in [4.78, 5) is 19.2. The van der Waals surface area contributed by atoms with Gasteiger partial charge in [0.25, 0.3) is 0 Å². The zero-order valence-electron chi connectivity index (χ0n) is 8.10. The van der Waals surface area contributed by atoms with E-state index in [0.29, 0.717) is 0 Å². The summed E-state index contributed by atoms with van der Waals surface area (Å²) in [7, 11) is 0. The smallest absolute Gasteiger partial charge is 0.174 e. The van der Waals surface area contributed by atoms with Crippen LogP contribution in [-0.2, 0) is 6.42 Å². The van der Waals surface area contributed by atoms with E-state index in [-0.39, 0.29) is 11.7 Å². The zero-order valence-corrected chi connectivity index (χ0v) is 8.10. The van der Waals surface area contributed by atoms with E-state index in [1.54, 1.807) is 12.4 Å². The Hall–Kier alpha value is -1.90. The summed E-state index contributed by atoms with van der Waals surface area (Å²) in [5.41, 5.74) is 1.97. The summed E-state index contributed by atoms with van der Waals surface area (Å²) in [6.45, 7) is 0. The van der Waals surface area contributed by atoms with Gasteiger partial charge in [0.05, 0.1) is 5.92 Å². The minimum absolute atomic E-state index is 0.114. The number of hydrogen-bond donors (Lipinski definition) is 1. The average molecular weight is 198 g/mol. The monoisotopic (exact) mass is 198 g/mol. The molecule has 1 aromatic heterocycles. The molecular formula is C12H10N2O. The highest BCUT2D eigenvalue weighted by molar-refractivity contribution is 6.04. The van der Waals surface area contributed by atoms with Crippen LogP contribution in [0.5, 0.6) is 0 Å². The van der Waals surface area contributed by atoms with Gasteiger partial charge in [-0.1, -0.05) is 24.3 Å². The number of aromatic amines is 1. The standard InChI is InChI=1S/C12H10N2O/c15-11-9-4-2-1-3-8(9)7-10(11)12-13-5-6-14-12/h1-6,10H,7H2,(H,13,14). The summed E-state index contributed by atoms with van der Waals surface area (Å²) in [6.07, 6.45) is 4.21. The van der Waals surface area contributed by atoms with E-state index in [0.717, 1.165) is 23.4 Å². The first-order chi connectivity index (χ1) is 7.36. The first-order valence-corrected chi connectivity index (χ1v) is 4.97. The normalized spacial score (nSPS) is 19.2. The van der Waals surface area contributed by atoms with Crippen molar-refractivity contribution in [1.29, 1.82) is 0 Å². The second-order valence-corrected chi connectivity index (χ2v) is 3.75. The Balaban J connectivity index is 2.04. The Kier molecular flexibility index (Phi) is 1.71. The van der Waals surface area contributed by atoms with Gasteiger partial charge in [-0.3, -0.25) is 4.79 Å². The molecule has 1 unspecified atom stereocenters.